The summed E-state index contributed by atoms with van der Waals surface area (Å²) in [7, 11) is 0. The van der Waals surface area contributed by atoms with Crippen LogP contribution in [0.5, 0.6) is 0 Å². The molecule has 2 N–H and O–H groups in total. The van der Waals surface area contributed by atoms with E-state index in [1.807, 2.05) is 6.92 Å². The van der Waals surface area contributed by atoms with Crippen molar-refractivity contribution >= 4 is 29.5 Å². The number of hydrogen-bond acceptors (Lipinski definition) is 5. The quantitative estimate of drug-likeness (QED) is 0.770. The monoisotopic (exact) mass is 263 g/mol. The highest BCUT2D eigenvalue weighted by atomic mass is 32.2. The van der Waals surface area contributed by atoms with Gasteiger partial charge in [-0.2, -0.15) is 0 Å². The van der Waals surface area contributed by atoms with Gasteiger partial charge in [0.25, 0.3) is 0 Å². The van der Waals surface area contributed by atoms with Gasteiger partial charge in [-0.15, -0.1) is 23.5 Å². The van der Waals surface area contributed by atoms with Crippen LogP contribution in [0.25, 0.3) is 0 Å². The molecule has 5 heteroatoms. The molecular formula is C11H21NO2S2. The Hall–Kier alpha value is 0.130. The standard InChI is InChI=1S/C11H21NO2S2/c1-4-14-10(13)11(15-5-6-16-11)9(12)7-8(2)3/h8-9H,4-7,12H2,1-3H3. The number of thioether (sulfide) groups is 2. The molecule has 0 spiro atoms. The van der Waals surface area contributed by atoms with Crippen LogP contribution >= 0.6 is 23.5 Å². The van der Waals surface area contributed by atoms with E-state index in [0.29, 0.717) is 12.5 Å². The van der Waals surface area contributed by atoms with Crippen LogP contribution in [0.1, 0.15) is 27.2 Å². The van der Waals surface area contributed by atoms with Crippen LogP contribution in [-0.2, 0) is 9.53 Å². The lowest BCUT2D eigenvalue weighted by Crippen LogP contribution is -2.49. The van der Waals surface area contributed by atoms with Gasteiger partial charge in [0.1, 0.15) is 0 Å². The van der Waals surface area contributed by atoms with Crippen LogP contribution in [0, 0.1) is 5.92 Å². The van der Waals surface area contributed by atoms with E-state index in [9.17, 15) is 4.79 Å². The van der Waals surface area contributed by atoms with Crippen molar-refractivity contribution in [3.05, 3.63) is 0 Å². The molecule has 1 heterocycles. The molecule has 0 radical (unpaired) electrons. The second-order valence-electron chi connectivity index (χ2n) is 4.32. The average molecular weight is 263 g/mol. The second-order valence-corrected chi connectivity index (χ2v) is 7.26. The molecule has 94 valence electrons. The van der Waals surface area contributed by atoms with Crippen molar-refractivity contribution < 1.29 is 9.53 Å². The first kappa shape index (κ1) is 14.2. The zero-order chi connectivity index (χ0) is 12.2. The molecule has 0 aliphatic carbocycles. The van der Waals surface area contributed by atoms with E-state index < -0.39 is 4.08 Å². The van der Waals surface area contributed by atoms with E-state index in [4.69, 9.17) is 10.5 Å². The summed E-state index contributed by atoms with van der Waals surface area (Å²) in [4.78, 5) is 12.0. The molecule has 1 atom stereocenters. The number of ether oxygens (including phenoxy) is 1. The van der Waals surface area contributed by atoms with Crippen LogP contribution in [0.4, 0.5) is 0 Å². The van der Waals surface area contributed by atoms with Crippen LogP contribution in [0.3, 0.4) is 0 Å². The van der Waals surface area contributed by atoms with E-state index in [1.165, 1.54) is 0 Å². The Morgan fingerprint density at radius 3 is 2.44 bits per heavy atom. The summed E-state index contributed by atoms with van der Waals surface area (Å²) in [5, 5.41) is 0. The highest BCUT2D eigenvalue weighted by Crippen LogP contribution is 2.48. The Bertz CT molecular complexity index is 240. The molecule has 0 amide bonds. The molecule has 1 rings (SSSR count). The van der Waals surface area contributed by atoms with Gasteiger partial charge >= 0.3 is 5.97 Å². The summed E-state index contributed by atoms with van der Waals surface area (Å²) in [5.41, 5.74) is 6.20. The lowest BCUT2D eigenvalue weighted by atomic mass is 10.0. The first-order valence-electron chi connectivity index (χ1n) is 5.73. The summed E-state index contributed by atoms with van der Waals surface area (Å²) < 4.78 is 4.62. The molecule has 0 saturated carbocycles. The minimum atomic E-state index is -0.555. The molecule has 1 fully saturated rings. The minimum Gasteiger partial charge on any atom is -0.464 e. The molecule has 3 nitrogen and oxygen atoms in total. The SMILES string of the molecule is CCOC(=O)C1(C(N)CC(C)C)SCCS1. The number of esters is 1. The highest BCUT2D eigenvalue weighted by Gasteiger charge is 2.49. The molecule has 0 aromatic carbocycles. The van der Waals surface area contributed by atoms with Crippen molar-refractivity contribution in [2.75, 3.05) is 18.1 Å². The van der Waals surface area contributed by atoms with Crippen LogP contribution in [0.15, 0.2) is 0 Å². The summed E-state index contributed by atoms with van der Waals surface area (Å²) in [6.07, 6.45) is 0.860. The van der Waals surface area contributed by atoms with Crippen molar-refractivity contribution in [3.8, 4) is 0 Å². The van der Waals surface area contributed by atoms with Crippen molar-refractivity contribution in [2.45, 2.75) is 37.3 Å². The smallest absolute Gasteiger partial charge is 0.334 e. The summed E-state index contributed by atoms with van der Waals surface area (Å²) >= 11 is 3.30. The first-order valence-corrected chi connectivity index (χ1v) is 7.70. The molecule has 16 heavy (non-hydrogen) atoms. The molecule has 1 aliphatic rings. The maximum Gasteiger partial charge on any atom is 0.334 e. The van der Waals surface area contributed by atoms with Gasteiger partial charge in [0, 0.05) is 17.5 Å². The molecule has 1 saturated heterocycles. The van der Waals surface area contributed by atoms with E-state index >= 15 is 0 Å². The van der Waals surface area contributed by atoms with Gasteiger partial charge in [0.05, 0.1) is 6.61 Å². The molecule has 0 bridgehead atoms. The topological polar surface area (TPSA) is 52.3 Å². The van der Waals surface area contributed by atoms with Crippen molar-refractivity contribution in [1.82, 2.24) is 0 Å². The molecule has 0 aromatic rings. The van der Waals surface area contributed by atoms with Gasteiger partial charge in [-0.25, -0.2) is 4.79 Å². The third-order valence-electron chi connectivity index (χ3n) is 2.49. The van der Waals surface area contributed by atoms with Crippen LogP contribution < -0.4 is 5.73 Å². The fourth-order valence-electron chi connectivity index (χ4n) is 1.81. The average Bonchev–Trinajstić information content (AvgIpc) is 2.66. The summed E-state index contributed by atoms with van der Waals surface area (Å²) in [6.45, 7) is 6.52. The fraction of sp³-hybridized carbons (Fsp3) is 0.909. The number of rotatable bonds is 5. The van der Waals surface area contributed by atoms with Gasteiger partial charge in [0.15, 0.2) is 4.08 Å². The molecule has 1 unspecified atom stereocenters. The van der Waals surface area contributed by atoms with Gasteiger partial charge in [-0.3, -0.25) is 0 Å². The first-order chi connectivity index (χ1) is 7.53. The van der Waals surface area contributed by atoms with Gasteiger partial charge in [0.2, 0.25) is 0 Å². The second kappa shape index (κ2) is 6.17. The van der Waals surface area contributed by atoms with Gasteiger partial charge < -0.3 is 10.5 Å². The third-order valence-corrected chi connectivity index (χ3v) is 6.07. The van der Waals surface area contributed by atoms with Crippen molar-refractivity contribution in [3.63, 3.8) is 0 Å². The largest absolute Gasteiger partial charge is 0.464 e. The lowest BCUT2D eigenvalue weighted by Gasteiger charge is -2.31. The number of hydrogen-bond donors (Lipinski definition) is 1. The Morgan fingerprint density at radius 1 is 1.44 bits per heavy atom. The minimum absolute atomic E-state index is 0.121. The zero-order valence-corrected chi connectivity index (χ0v) is 11.8. The lowest BCUT2D eigenvalue weighted by molar-refractivity contribution is -0.143. The van der Waals surface area contributed by atoms with Crippen molar-refractivity contribution in [1.29, 1.82) is 0 Å². The Balaban J connectivity index is 2.75. The molecule has 1 aliphatic heterocycles. The summed E-state index contributed by atoms with van der Waals surface area (Å²) in [5.74, 6) is 2.32. The predicted octanol–water partition coefficient (Wildman–Crippen LogP) is 2.10. The van der Waals surface area contributed by atoms with E-state index in [-0.39, 0.29) is 12.0 Å². The van der Waals surface area contributed by atoms with E-state index in [0.717, 1.165) is 17.9 Å². The number of nitrogens with two attached hydrogens (primary N) is 1. The third kappa shape index (κ3) is 3.08. The Morgan fingerprint density at radius 2 is 2.00 bits per heavy atom. The van der Waals surface area contributed by atoms with E-state index in [1.54, 1.807) is 23.5 Å². The maximum absolute atomic E-state index is 12.0. The van der Waals surface area contributed by atoms with Crippen molar-refractivity contribution in [2.24, 2.45) is 11.7 Å². The maximum atomic E-state index is 12.0. The fourth-order valence-corrected chi connectivity index (χ4v) is 4.89. The predicted molar refractivity (Wildman–Crippen MR) is 71.7 cm³/mol. The Labute approximate surface area is 106 Å². The molecule has 0 aromatic heterocycles. The van der Waals surface area contributed by atoms with Crippen LogP contribution in [0.2, 0.25) is 0 Å². The van der Waals surface area contributed by atoms with E-state index in [2.05, 4.69) is 13.8 Å². The normalized spacial score (nSPS) is 21.1. The van der Waals surface area contributed by atoms with Gasteiger partial charge in [-0.1, -0.05) is 13.8 Å². The Kier molecular flexibility index (Phi) is 5.47. The number of carbonyl (C=O) groups is 1. The highest BCUT2D eigenvalue weighted by molar-refractivity contribution is 8.22. The zero-order valence-electron chi connectivity index (χ0n) is 10.2. The summed E-state index contributed by atoms with van der Waals surface area (Å²) in [6, 6.07) is -0.121. The number of carbonyl (C=O) groups excluding carboxylic acids is 1. The molecular weight excluding hydrogens is 242 g/mol. The van der Waals surface area contributed by atoms with Crippen LogP contribution in [-0.4, -0.2) is 34.2 Å². The van der Waals surface area contributed by atoms with Gasteiger partial charge in [-0.05, 0) is 19.3 Å².